The highest BCUT2D eigenvalue weighted by Gasteiger charge is 2.22. The van der Waals surface area contributed by atoms with E-state index >= 15 is 0 Å². The lowest BCUT2D eigenvalue weighted by Crippen LogP contribution is -2.16. The molecule has 1 aromatic carbocycles. The molecule has 2 rings (SSSR count). The van der Waals surface area contributed by atoms with Crippen LogP contribution in [0.2, 0.25) is 0 Å². The number of carbonyl (C=O) groups is 1. The van der Waals surface area contributed by atoms with Gasteiger partial charge < -0.3 is 5.11 Å². The molecule has 0 unspecified atom stereocenters. The third kappa shape index (κ3) is 3.08. The number of nitrogens with zero attached hydrogens (tertiary/aromatic N) is 1. The quantitative estimate of drug-likeness (QED) is 0.760. The fraction of sp³-hybridized carbons (Fsp3) is 0.167. The second-order valence-electron chi connectivity index (χ2n) is 4.44. The van der Waals surface area contributed by atoms with Gasteiger partial charge in [-0.2, -0.15) is 5.10 Å². The van der Waals surface area contributed by atoms with Crippen molar-refractivity contribution >= 4 is 37.7 Å². The molecule has 0 saturated heterocycles. The molecule has 0 bridgehead atoms. The molecule has 0 spiro atoms. The number of benzene rings is 1. The van der Waals surface area contributed by atoms with Crippen LogP contribution in [0.3, 0.4) is 0 Å². The van der Waals surface area contributed by atoms with E-state index in [1.165, 1.54) is 12.3 Å². The number of hydrogen-bond donors (Lipinski definition) is 3. The lowest BCUT2D eigenvalue weighted by molar-refractivity contribution is 0.0696. The van der Waals surface area contributed by atoms with Gasteiger partial charge in [-0.1, -0.05) is 0 Å². The molecule has 0 amide bonds. The molecule has 0 radical (unpaired) electrons. The second-order valence-corrected chi connectivity index (χ2v) is 6.89. The molecule has 3 N–H and O–H groups in total. The highest BCUT2D eigenvalue weighted by molar-refractivity contribution is 9.10. The number of rotatable bonds is 4. The summed E-state index contributed by atoms with van der Waals surface area (Å²) < 4.78 is 27.5. The van der Waals surface area contributed by atoms with E-state index in [4.69, 9.17) is 5.11 Å². The molecular formula is C12H12BrN3O4S. The number of sulfonamides is 1. The highest BCUT2D eigenvalue weighted by atomic mass is 79.9. The molecule has 0 aliphatic heterocycles. The number of aryl methyl sites for hydroxylation is 2. The van der Waals surface area contributed by atoms with Gasteiger partial charge in [0, 0.05) is 10.0 Å². The van der Waals surface area contributed by atoms with Gasteiger partial charge in [0.1, 0.15) is 10.7 Å². The van der Waals surface area contributed by atoms with Gasteiger partial charge in [-0.15, -0.1) is 0 Å². The summed E-state index contributed by atoms with van der Waals surface area (Å²) in [5, 5.41) is 15.3. The van der Waals surface area contributed by atoms with E-state index in [2.05, 4.69) is 30.8 Å². The Bertz CT molecular complexity index is 814. The molecule has 0 aliphatic rings. The van der Waals surface area contributed by atoms with Gasteiger partial charge >= 0.3 is 5.97 Å². The first-order valence-electron chi connectivity index (χ1n) is 5.78. The summed E-state index contributed by atoms with van der Waals surface area (Å²) in [6, 6.07) is 2.50. The molecule has 2 aromatic rings. The summed E-state index contributed by atoms with van der Waals surface area (Å²) in [5.74, 6) is -0.958. The Kier molecular flexibility index (Phi) is 4.06. The number of aromatic carboxylic acids is 1. The molecule has 21 heavy (non-hydrogen) atoms. The van der Waals surface area contributed by atoms with Crippen LogP contribution in [-0.2, 0) is 10.0 Å². The molecule has 1 aromatic heterocycles. The third-order valence-electron chi connectivity index (χ3n) is 2.82. The van der Waals surface area contributed by atoms with Crippen LogP contribution in [0, 0.1) is 13.8 Å². The van der Waals surface area contributed by atoms with Crippen molar-refractivity contribution in [3.63, 3.8) is 0 Å². The van der Waals surface area contributed by atoms with Gasteiger partial charge in [0.25, 0.3) is 10.0 Å². The van der Waals surface area contributed by atoms with Gasteiger partial charge in [0.2, 0.25) is 0 Å². The number of anilines is 1. The van der Waals surface area contributed by atoms with Crippen molar-refractivity contribution in [2.45, 2.75) is 18.7 Å². The third-order valence-corrected chi connectivity index (χ3v) is 5.51. The van der Waals surface area contributed by atoms with Crippen molar-refractivity contribution < 1.29 is 18.3 Å². The maximum Gasteiger partial charge on any atom is 0.335 e. The van der Waals surface area contributed by atoms with Crippen LogP contribution in [-0.4, -0.2) is 29.7 Å². The van der Waals surface area contributed by atoms with Gasteiger partial charge in [0.15, 0.2) is 0 Å². The lowest BCUT2D eigenvalue weighted by Gasteiger charge is -2.11. The topological polar surface area (TPSA) is 112 Å². The molecular weight excluding hydrogens is 362 g/mol. The minimum Gasteiger partial charge on any atom is -0.478 e. The number of carboxylic acid groups (broad SMARTS) is 1. The Labute approximate surface area is 129 Å². The number of aromatic nitrogens is 2. The number of nitrogens with one attached hydrogen (secondary N) is 2. The van der Waals surface area contributed by atoms with E-state index < -0.39 is 16.0 Å². The first kappa shape index (κ1) is 15.5. The number of H-pyrrole nitrogens is 1. The average molecular weight is 374 g/mol. The van der Waals surface area contributed by atoms with Crippen LogP contribution in [0.5, 0.6) is 0 Å². The smallest absolute Gasteiger partial charge is 0.335 e. The fourth-order valence-corrected chi connectivity index (χ4v) is 3.83. The molecule has 0 fully saturated rings. The summed E-state index contributed by atoms with van der Waals surface area (Å²) >= 11 is 3.18. The predicted octanol–water partition coefficient (Wildman–Crippen LogP) is 2.29. The van der Waals surface area contributed by atoms with Crippen LogP contribution in [0.1, 0.15) is 21.5 Å². The average Bonchev–Trinajstić information content (AvgIpc) is 2.77. The molecule has 9 heteroatoms. The summed E-state index contributed by atoms with van der Waals surface area (Å²) in [6.45, 7) is 3.31. The number of halogens is 1. The van der Waals surface area contributed by atoms with E-state index in [0.717, 1.165) is 6.07 Å². The SMILES string of the molecule is Cc1cn[nH]c1NS(=O)(=O)c1cc(C(=O)O)cc(C)c1Br. The van der Waals surface area contributed by atoms with Crippen molar-refractivity contribution in [3.05, 3.63) is 39.5 Å². The first-order valence-corrected chi connectivity index (χ1v) is 8.06. The maximum atomic E-state index is 12.4. The van der Waals surface area contributed by atoms with Crippen molar-refractivity contribution in [3.8, 4) is 0 Å². The van der Waals surface area contributed by atoms with Gasteiger partial charge in [-0.3, -0.25) is 9.82 Å². The van der Waals surface area contributed by atoms with Gasteiger partial charge in [0.05, 0.1) is 11.8 Å². The zero-order valence-electron chi connectivity index (χ0n) is 11.1. The molecule has 7 nitrogen and oxygen atoms in total. The number of hydrogen-bond acceptors (Lipinski definition) is 4. The van der Waals surface area contributed by atoms with Crippen LogP contribution < -0.4 is 4.72 Å². The van der Waals surface area contributed by atoms with Gasteiger partial charge in [-0.25, -0.2) is 13.2 Å². The van der Waals surface area contributed by atoms with Crippen molar-refractivity contribution in [1.82, 2.24) is 10.2 Å². The van der Waals surface area contributed by atoms with Gasteiger partial charge in [-0.05, 0) is 47.5 Å². The maximum absolute atomic E-state index is 12.4. The zero-order valence-corrected chi connectivity index (χ0v) is 13.5. The molecule has 112 valence electrons. The van der Waals surface area contributed by atoms with Crippen molar-refractivity contribution in [2.75, 3.05) is 4.72 Å². The Morgan fingerprint density at radius 1 is 1.33 bits per heavy atom. The Balaban J connectivity index is 2.54. The van der Waals surface area contributed by atoms with E-state index in [1.807, 2.05) is 0 Å². The standard InChI is InChI=1S/C12H12BrN3O4S/c1-6-3-8(12(17)18)4-9(10(6)13)21(19,20)16-11-7(2)5-14-15-11/h3-5H,1-2H3,(H,17,18)(H2,14,15,16). The van der Waals surface area contributed by atoms with Crippen molar-refractivity contribution in [2.24, 2.45) is 0 Å². The first-order chi connectivity index (χ1) is 9.72. The van der Waals surface area contributed by atoms with Crippen LogP contribution in [0.25, 0.3) is 0 Å². The fourth-order valence-electron chi connectivity index (χ4n) is 1.70. The molecule has 0 saturated carbocycles. The zero-order chi connectivity index (χ0) is 15.8. The van der Waals surface area contributed by atoms with Crippen LogP contribution >= 0.6 is 15.9 Å². The lowest BCUT2D eigenvalue weighted by atomic mass is 10.1. The monoisotopic (exact) mass is 373 g/mol. The molecule has 0 aliphatic carbocycles. The van der Waals surface area contributed by atoms with Crippen LogP contribution in [0.15, 0.2) is 27.7 Å². The normalized spacial score (nSPS) is 11.4. The number of aromatic amines is 1. The van der Waals surface area contributed by atoms with Crippen molar-refractivity contribution in [1.29, 1.82) is 0 Å². The largest absolute Gasteiger partial charge is 0.478 e. The predicted molar refractivity (Wildman–Crippen MR) is 80.0 cm³/mol. The van der Waals surface area contributed by atoms with E-state index in [0.29, 0.717) is 15.6 Å². The molecule has 0 atom stereocenters. The van der Waals surface area contributed by atoms with E-state index in [9.17, 15) is 13.2 Å². The summed E-state index contributed by atoms with van der Waals surface area (Å²) in [7, 11) is -3.95. The number of carboxylic acids is 1. The summed E-state index contributed by atoms with van der Waals surface area (Å²) in [5.41, 5.74) is 1.04. The second kappa shape index (κ2) is 5.49. The molecule has 1 heterocycles. The Hall–Kier alpha value is -1.87. The van der Waals surface area contributed by atoms with E-state index in [1.54, 1.807) is 13.8 Å². The Morgan fingerprint density at radius 2 is 2.00 bits per heavy atom. The van der Waals surface area contributed by atoms with E-state index in [-0.39, 0.29) is 16.3 Å². The summed E-state index contributed by atoms with van der Waals surface area (Å²) in [4.78, 5) is 10.9. The summed E-state index contributed by atoms with van der Waals surface area (Å²) in [6.07, 6.45) is 1.48. The minimum absolute atomic E-state index is 0.0996. The minimum atomic E-state index is -3.95. The Morgan fingerprint density at radius 3 is 2.52 bits per heavy atom. The van der Waals surface area contributed by atoms with Crippen LogP contribution in [0.4, 0.5) is 5.82 Å². The highest BCUT2D eigenvalue weighted by Crippen LogP contribution is 2.29.